The van der Waals surface area contributed by atoms with Crippen LogP contribution in [0.25, 0.3) is 0 Å². The molecule has 0 aromatic heterocycles. The normalized spacial score (nSPS) is 9.91. The highest BCUT2D eigenvalue weighted by Crippen LogP contribution is 2.21. The largest absolute Gasteiger partial charge is 0.381 e. The molecule has 0 atom stereocenters. The lowest BCUT2D eigenvalue weighted by molar-refractivity contribution is -0.114. The highest BCUT2D eigenvalue weighted by Gasteiger charge is 2.06. The first-order valence-corrected chi connectivity index (χ1v) is 6.80. The Labute approximate surface area is 128 Å². The van der Waals surface area contributed by atoms with Crippen LogP contribution in [0, 0.1) is 24.1 Å². The van der Waals surface area contributed by atoms with Gasteiger partial charge in [-0.05, 0) is 42.8 Å². The lowest BCUT2D eigenvalue weighted by Gasteiger charge is -2.12. The standard InChI is InChI=1S/C17H16FN3O/c1-11-3-5-15(21-12(2)22)8-17(11)20-10-14-7-13(9-19)4-6-16(14)18/h3-8,20H,10H2,1-2H3,(H,21,22). The number of rotatable bonds is 4. The zero-order valence-corrected chi connectivity index (χ0v) is 12.4. The summed E-state index contributed by atoms with van der Waals surface area (Å²) < 4.78 is 13.8. The number of nitrogens with one attached hydrogen (secondary N) is 2. The summed E-state index contributed by atoms with van der Waals surface area (Å²) in [4.78, 5) is 11.1. The third-order valence-electron chi connectivity index (χ3n) is 3.20. The number of hydrogen-bond donors (Lipinski definition) is 2. The molecular formula is C17H16FN3O. The number of carbonyl (C=O) groups excluding carboxylic acids is 1. The average molecular weight is 297 g/mol. The molecule has 2 aromatic rings. The van der Waals surface area contributed by atoms with Crippen LogP contribution in [0.2, 0.25) is 0 Å². The summed E-state index contributed by atoms with van der Waals surface area (Å²) >= 11 is 0. The molecule has 0 heterocycles. The Bertz CT molecular complexity index is 750. The Balaban J connectivity index is 2.18. The molecule has 0 bridgehead atoms. The van der Waals surface area contributed by atoms with E-state index in [0.717, 1.165) is 11.3 Å². The number of nitriles is 1. The average Bonchev–Trinajstić information content (AvgIpc) is 2.48. The maximum Gasteiger partial charge on any atom is 0.221 e. The minimum Gasteiger partial charge on any atom is -0.381 e. The maximum absolute atomic E-state index is 13.8. The Hall–Kier alpha value is -2.87. The Morgan fingerprint density at radius 3 is 2.73 bits per heavy atom. The Morgan fingerprint density at radius 2 is 2.05 bits per heavy atom. The van der Waals surface area contributed by atoms with Crippen molar-refractivity contribution >= 4 is 17.3 Å². The summed E-state index contributed by atoms with van der Waals surface area (Å²) in [5, 5.41) is 14.7. The molecule has 1 amide bonds. The second-order valence-corrected chi connectivity index (χ2v) is 4.98. The molecule has 0 aliphatic carbocycles. The van der Waals surface area contributed by atoms with E-state index in [1.807, 2.05) is 19.1 Å². The van der Waals surface area contributed by atoms with Gasteiger partial charge in [0.05, 0.1) is 11.6 Å². The number of anilines is 2. The van der Waals surface area contributed by atoms with Crippen molar-refractivity contribution in [2.75, 3.05) is 10.6 Å². The first-order valence-electron chi connectivity index (χ1n) is 6.80. The fourth-order valence-electron chi connectivity index (χ4n) is 2.06. The second kappa shape index (κ2) is 6.72. The summed E-state index contributed by atoms with van der Waals surface area (Å²) in [5.74, 6) is -0.510. The van der Waals surface area contributed by atoms with E-state index in [4.69, 9.17) is 5.26 Å². The van der Waals surface area contributed by atoms with Crippen molar-refractivity contribution in [3.8, 4) is 6.07 Å². The number of halogens is 1. The first-order chi connectivity index (χ1) is 10.5. The van der Waals surface area contributed by atoms with Crippen LogP contribution in [0.4, 0.5) is 15.8 Å². The molecule has 22 heavy (non-hydrogen) atoms. The topological polar surface area (TPSA) is 64.9 Å². The molecule has 0 saturated heterocycles. The molecule has 2 N–H and O–H groups in total. The van der Waals surface area contributed by atoms with Gasteiger partial charge in [0.2, 0.25) is 5.91 Å². The predicted octanol–water partition coefficient (Wildman–Crippen LogP) is 3.58. The lowest BCUT2D eigenvalue weighted by Crippen LogP contribution is -2.08. The Morgan fingerprint density at radius 1 is 1.27 bits per heavy atom. The summed E-state index contributed by atoms with van der Waals surface area (Å²) in [6.07, 6.45) is 0. The molecule has 2 aromatic carbocycles. The van der Waals surface area contributed by atoms with Gasteiger partial charge in [0.15, 0.2) is 0 Å². The van der Waals surface area contributed by atoms with Gasteiger partial charge in [0.25, 0.3) is 0 Å². The van der Waals surface area contributed by atoms with Crippen molar-refractivity contribution in [2.24, 2.45) is 0 Å². The molecule has 0 spiro atoms. The molecule has 4 nitrogen and oxygen atoms in total. The van der Waals surface area contributed by atoms with Crippen molar-refractivity contribution in [1.29, 1.82) is 5.26 Å². The van der Waals surface area contributed by atoms with Gasteiger partial charge in [-0.1, -0.05) is 6.07 Å². The van der Waals surface area contributed by atoms with Gasteiger partial charge in [-0.25, -0.2) is 4.39 Å². The van der Waals surface area contributed by atoms with Crippen LogP contribution < -0.4 is 10.6 Å². The fourth-order valence-corrected chi connectivity index (χ4v) is 2.06. The van der Waals surface area contributed by atoms with Gasteiger partial charge in [-0.3, -0.25) is 4.79 Å². The molecule has 112 valence electrons. The minimum absolute atomic E-state index is 0.150. The van der Waals surface area contributed by atoms with Crippen LogP contribution in [0.1, 0.15) is 23.6 Å². The van der Waals surface area contributed by atoms with Crippen molar-refractivity contribution in [3.63, 3.8) is 0 Å². The van der Waals surface area contributed by atoms with E-state index in [9.17, 15) is 9.18 Å². The first kappa shape index (κ1) is 15.5. The molecule has 0 saturated carbocycles. The van der Waals surface area contributed by atoms with Crippen molar-refractivity contribution in [3.05, 3.63) is 58.9 Å². The van der Waals surface area contributed by atoms with E-state index < -0.39 is 0 Å². The van der Waals surface area contributed by atoms with Gasteiger partial charge < -0.3 is 10.6 Å². The van der Waals surface area contributed by atoms with Crippen LogP contribution in [0.15, 0.2) is 36.4 Å². The molecule has 0 unspecified atom stereocenters. The zero-order valence-electron chi connectivity index (χ0n) is 12.4. The van der Waals surface area contributed by atoms with Crippen LogP contribution in [-0.2, 0) is 11.3 Å². The minimum atomic E-state index is -0.359. The number of aryl methyl sites for hydroxylation is 1. The van der Waals surface area contributed by atoms with Gasteiger partial charge >= 0.3 is 0 Å². The van der Waals surface area contributed by atoms with Crippen molar-refractivity contribution < 1.29 is 9.18 Å². The number of benzene rings is 2. The molecule has 0 aliphatic rings. The molecule has 0 aliphatic heterocycles. The molecule has 0 fully saturated rings. The van der Waals surface area contributed by atoms with Gasteiger partial charge in [-0.15, -0.1) is 0 Å². The molecule has 2 rings (SSSR count). The van der Waals surface area contributed by atoms with Crippen LogP contribution in [-0.4, -0.2) is 5.91 Å². The summed E-state index contributed by atoms with van der Waals surface area (Å²) in [6.45, 7) is 3.61. The van der Waals surface area contributed by atoms with Crippen LogP contribution >= 0.6 is 0 Å². The monoisotopic (exact) mass is 297 g/mol. The number of carbonyl (C=O) groups is 1. The zero-order chi connectivity index (χ0) is 16.1. The van der Waals surface area contributed by atoms with E-state index in [0.29, 0.717) is 16.8 Å². The molecule has 0 radical (unpaired) electrons. The maximum atomic E-state index is 13.8. The third-order valence-corrected chi connectivity index (χ3v) is 3.20. The van der Waals surface area contributed by atoms with E-state index in [2.05, 4.69) is 10.6 Å². The summed E-state index contributed by atoms with van der Waals surface area (Å²) in [5.41, 5.74) is 3.29. The van der Waals surface area contributed by atoms with Crippen molar-refractivity contribution in [2.45, 2.75) is 20.4 Å². The van der Waals surface area contributed by atoms with E-state index in [1.54, 1.807) is 12.1 Å². The highest BCUT2D eigenvalue weighted by molar-refractivity contribution is 5.89. The number of nitrogens with zero attached hydrogens (tertiary/aromatic N) is 1. The highest BCUT2D eigenvalue weighted by atomic mass is 19.1. The number of amides is 1. The molecule has 5 heteroatoms. The van der Waals surface area contributed by atoms with Gasteiger partial charge in [0, 0.05) is 30.4 Å². The summed E-state index contributed by atoms with van der Waals surface area (Å²) in [6, 6.07) is 11.7. The van der Waals surface area contributed by atoms with Crippen LogP contribution in [0.5, 0.6) is 0 Å². The Kier molecular flexibility index (Phi) is 4.74. The smallest absolute Gasteiger partial charge is 0.221 e. The SMILES string of the molecule is CC(=O)Nc1ccc(C)c(NCc2cc(C#N)ccc2F)c1. The third kappa shape index (κ3) is 3.83. The quantitative estimate of drug-likeness (QED) is 0.906. The summed E-state index contributed by atoms with van der Waals surface area (Å²) in [7, 11) is 0. The van der Waals surface area contributed by atoms with Crippen molar-refractivity contribution in [1.82, 2.24) is 0 Å². The fraction of sp³-hybridized carbons (Fsp3) is 0.176. The van der Waals surface area contributed by atoms with E-state index in [-0.39, 0.29) is 18.3 Å². The predicted molar refractivity (Wildman–Crippen MR) is 83.9 cm³/mol. The van der Waals surface area contributed by atoms with E-state index >= 15 is 0 Å². The van der Waals surface area contributed by atoms with Crippen LogP contribution in [0.3, 0.4) is 0 Å². The number of hydrogen-bond acceptors (Lipinski definition) is 3. The second-order valence-electron chi connectivity index (χ2n) is 4.98. The van der Waals surface area contributed by atoms with Gasteiger partial charge in [-0.2, -0.15) is 5.26 Å². The van der Waals surface area contributed by atoms with Gasteiger partial charge in [0.1, 0.15) is 5.82 Å². The molecular weight excluding hydrogens is 281 g/mol. The van der Waals surface area contributed by atoms with E-state index in [1.165, 1.54) is 25.1 Å². The lowest BCUT2D eigenvalue weighted by atomic mass is 10.1.